The molecule has 0 atom stereocenters. The maximum Gasteiger partial charge on any atom is 0.119 e. The Balaban J connectivity index is 0.00000112. The summed E-state index contributed by atoms with van der Waals surface area (Å²) in [5, 5.41) is 0. The lowest BCUT2D eigenvalue weighted by Crippen LogP contribution is -1.94. The van der Waals surface area contributed by atoms with Crippen LogP contribution in [0.3, 0.4) is 0 Å². The molecule has 1 aromatic carbocycles. The SMILES string of the molecule is COc1ccc2c(c1)/C(=C\CN)CC2.Cl. The topological polar surface area (TPSA) is 35.2 Å². The third-order valence-electron chi connectivity index (χ3n) is 2.69. The van der Waals surface area contributed by atoms with Crippen molar-refractivity contribution in [3.63, 3.8) is 0 Å². The molecule has 3 heteroatoms. The summed E-state index contributed by atoms with van der Waals surface area (Å²) in [5.41, 5.74) is 9.61. The van der Waals surface area contributed by atoms with E-state index in [0.717, 1.165) is 18.6 Å². The van der Waals surface area contributed by atoms with Crippen LogP contribution in [0.15, 0.2) is 24.3 Å². The molecule has 82 valence electrons. The second-order valence-electron chi connectivity index (χ2n) is 3.49. The summed E-state index contributed by atoms with van der Waals surface area (Å²) >= 11 is 0. The first-order chi connectivity index (χ1) is 6.85. The average molecular weight is 226 g/mol. The van der Waals surface area contributed by atoms with Gasteiger partial charge in [-0.15, -0.1) is 12.4 Å². The maximum absolute atomic E-state index is 5.53. The highest BCUT2D eigenvalue weighted by atomic mass is 35.5. The number of benzene rings is 1. The molecule has 0 amide bonds. The van der Waals surface area contributed by atoms with E-state index in [9.17, 15) is 0 Å². The Kier molecular flexibility index (Phi) is 4.18. The molecule has 0 aromatic heterocycles. The van der Waals surface area contributed by atoms with Gasteiger partial charge in [0.25, 0.3) is 0 Å². The van der Waals surface area contributed by atoms with E-state index < -0.39 is 0 Å². The van der Waals surface area contributed by atoms with Gasteiger partial charge in [-0.3, -0.25) is 0 Å². The molecule has 2 nitrogen and oxygen atoms in total. The molecule has 0 radical (unpaired) electrons. The van der Waals surface area contributed by atoms with E-state index in [1.165, 1.54) is 16.7 Å². The van der Waals surface area contributed by atoms with E-state index in [1.807, 2.05) is 6.07 Å². The van der Waals surface area contributed by atoms with Crippen molar-refractivity contribution >= 4 is 18.0 Å². The van der Waals surface area contributed by atoms with Crippen LogP contribution < -0.4 is 10.5 Å². The number of fused-ring (bicyclic) bond motifs is 1. The van der Waals surface area contributed by atoms with Gasteiger partial charge < -0.3 is 10.5 Å². The number of methoxy groups -OCH3 is 1. The fraction of sp³-hybridized carbons (Fsp3) is 0.333. The summed E-state index contributed by atoms with van der Waals surface area (Å²) < 4.78 is 5.21. The lowest BCUT2D eigenvalue weighted by molar-refractivity contribution is 0.414. The minimum Gasteiger partial charge on any atom is -0.497 e. The molecule has 0 saturated heterocycles. The van der Waals surface area contributed by atoms with Gasteiger partial charge in [0.15, 0.2) is 0 Å². The van der Waals surface area contributed by atoms with Crippen LogP contribution in [0, 0.1) is 0 Å². The van der Waals surface area contributed by atoms with E-state index in [0.29, 0.717) is 6.54 Å². The summed E-state index contributed by atoms with van der Waals surface area (Å²) in [4.78, 5) is 0. The Labute approximate surface area is 96.5 Å². The number of nitrogens with two attached hydrogens (primary N) is 1. The van der Waals surface area contributed by atoms with Gasteiger partial charge in [-0.1, -0.05) is 12.1 Å². The van der Waals surface area contributed by atoms with Crippen LogP contribution in [-0.2, 0) is 6.42 Å². The Bertz CT molecular complexity index is 374. The van der Waals surface area contributed by atoms with Crippen molar-refractivity contribution in [1.82, 2.24) is 0 Å². The van der Waals surface area contributed by atoms with Crippen molar-refractivity contribution in [1.29, 1.82) is 0 Å². The summed E-state index contributed by atoms with van der Waals surface area (Å²) in [5.74, 6) is 0.925. The molecule has 0 spiro atoms. The number of allylic oxidation sites excluding steroid dienone is 1. The van der Waals surface area contributed by atoms with Crippen LogP contribution in [0.4, 0.5) is 0 Å². The number of halogens is 1. The van der Waals surface area contributed by atoms with Crippen LogP contribution in [0.1, 0.15) is 17.5 Å². The standard InChI is InChI=1S/C12H15NO.ClH/c1-14-11-5-4-9-2-3-10(6-7-13)12(9)8-11;/h4-6,8H,2-3,7,13H2,1H3;1H/b10-6-;. The monoisotopic (exact) mass is 225 g/mol. The normalized spacial score (nSPS) is 16.0. The van der Waals surface area contributed by atoms with Crippen LogP contribution >= 0.6 is 12.4 Å². The molecule has 2 rings (SSSR count). The van der Waals surface area contributed by atoms with Gasteiger partial charge >= 0.3 is 0 Å². The number of ether oxygens (including phenoxy) is 1. The largest absolute Gasteiger partial charge is 0.497 e. The number of aryl methyl sites for hydroxylation is 1. The first-order valence-electron chi connectivity index (χ1n) is 4.91. The maximum atomic E-state index is 5.53. The molecular weight excluding hydrogens is 210 g/mol. The third kappa shape index (κ3) is 2.33. The number of rotatable bonds is 2. The minimum absolute atomic E-state index is 0. The van der Waals surface area contributed by atoms with E-state index in [4.69, 9.17) is 10.5 Å². The van der Waals surface area contributed by atoms with Crippen LogP contribution in [-0.4, -0.2) is 13.7 Å². The first-order valence-corrected chi connectivity index (χ1v) is 4.91. The van der Waals surface area contributed by atoms with Crippen LogP contribution in [0.5, 0.6) is 5.75 Å². The van der Waals surface area contributed by atoms with Gasteiger partial charge in [-0.2, -0.15) is 0 Å². The van der Waals surface area contributed by atoms with Crippen LogP contribution in [0.2, 0.25) is 0 Å². The quantitative estimate of drug-likeness (QED) is 0.839. The lowest BCUT2D eigenvalue weighted by Gasteiger charge is -2.04. The zero-order valence-corrected chi connectivity index (χ0v) is 9.64. The molecule has 0 bridgehead atoms. The van der Waals surface area contributed by atoms with Gasteiger partial charge in [0.2, 0.25) is 0 Å². The summed E-state index contributed by atoms with van der Waals surface area (Å²) in [7, 11) is 1.70. The smallest absolute Gasteiger partial charge is 0.119 e. The lowest BCUT2D eigenvalue weighted by atomic mass is 10.1. The molecule has 1 aromatic rings. The average Bonchev–Trinajstić information content (AvgIpc) is 2.61. The summed E-state index contributed by atoms with van der Waals surface area (Å²) in [6.45, 7) is 0.617. The predicted molar refractivity (Wildman–Crippen MR) is 65.6 cm³/mol. The molecule has 0 unspecified atom stereocenters. The van der Waals surface area contributed by atoms with Crippen LogP contribution in [0.25, 0.3) is 5.57 Å². The van der Waals surface area contributed by atoms with Crippen molar-refractivity contribution in [2.75, 3.05) is 13.7 Å². The molecule has 1 aliphatic rings. The zero-order valence-electron chi connectivity index (χ0n) is 8.82. The molecule has 15 heavy (non-hydrogen) atoms. The van der Waals surface area contributed by atoms with Gasteiger partial charge in [0.05, 0.1) is 7.11 Å². The second kappa shape index (κ2) is 5.19. The minimum atomic E-state index is 0. The van der Waals surface area contributed by atoms with E-state index in [2.05, 4.69) is 18.2 Å². The van der Waals surface area contributed by atoms with E-state index in [1.54, 1.807) is 7.11 Å². The summed E-state index contributed by atoms with van der Waals surface area (Å²) in [6, 6.07) is 6.26. The van der Waals surface area contributed by atoms with Crippen molar-refractivity contribution in [3.8, 4) is 5.75 Å². The Morgan fingerprint density at radius 1 is 1.40 bits per heavy atom. The zero-order chi connectivity index (χ0) is 9.97. The molecule has 2 N–H and O–H groups in total. The highest BCUT2D eigenvalue weighted by Gasteiger charge is 2.15. The van der Waals surface area contributed by atoms with E-state index >= 15 is 0 Å². The van der Waals surface area contributed by atoms with Gasteiger partial charge in [-0.25, -0.2) is 0 Å². The Hall–Kier alpha value is -0.990. The number of hydrogen-bond acceptors (Lipinski definition) is 2. The van der Waals surface area contributed by atoms with E-state index in [-0.39, 0.29) is 12.4 Å². The Morgan fingerprint density at radius 3 is 2.87 bits per heavy atom. The molecule has 0 aliphatic heterocycles. The molecule has 1 aliphatic carbocycles. The Morgan fingerprint density at radius 2 is 2.20 bits per heavy atom. The van der Waals surface area contributed by atoms with Gasteiger partial charge in [-0.05, 0) is 41.7 Å². The molecule has 0 fully saturated rings. The first kappa shape index (κ1) is 12.1. The third-order valence-corrected chi connectivity index (χ3v) is 2.69. The predicted octanol–water partition coefficient (Wildman–Crippen LogP) is 2.41. The van der Waals surface area contributed by atoms with Crippen molar-refractivity contribution < 1.29 is 4.74 Å². The van der Waals surface area contributed by atoms with Crippen molar-refractivity contribution in [2.24, 2.45) is 5.73 Å². The molecular formula is C12H16ClNO. The van der Waals surface area contributed by atoms with Gasteiger partial charge in [0.1, 0.15) is 5.75 Å². The molecule has 0 saturated carbocycles. The molecule has 0 heterocycles. The number of hydrogen-bond donors (Lipinski definition) is 1. The van der Waals surface area contributed by atoms with Crippen molar-refractivity contribution in [2.45, 2.75) is 12.8 Å². The fourth-order valence-electron chi connectivity index (χ4n) is 1.96. The summed E-state index contributed by atoms with van der Waals surface area (Å²) in [6.07, 6.45) is 4.34. The van der Waals surface area contributed by atoms with Gasteiger partial charge in [0, 0.05) is 6.54 Å². The fourth-order valence-corrected chi connectivity index (χ4v) is 1.96. The highest BCUT2D eigenvalue weighted by molar-refractivity contribution is 5.85. The van der Waals surface area contributed by atoms with Crippen molar-refractivity contribution in [3.05, 3.63) is 35.4 Å². The highest BCUT2D eigenvalue weighted by Crippen LogP contribution is 2.34. The second-order valence-corrected chi connectivity index (χ2v) is 3.49.